The Kier molecular flexibility index (Phi) is 30.9. The van der Waals surface area contributed by atoms with Gasteiger partial charge in [0, 0.05) is 24.7 Å². The van der Waals surface area contributed by atoms with Gasteiger partial charge in [-0.25, -0.2) is 0 Å². The molecule has 0 atom stereocenters. The SMILES string of the molecule is CCCCCCCCCCCCCCCCCCN(CCCCCCCCCCCCCCCCCC)C(=O)c1cc[c]c([N+](=O)[O-])c1. The molecule has 0 N–H and O–H groups in total. The van der Waals surface area contributed by atoms with Crippen molar-refractivity contribution < 1.29 is 9.72 Å². The van der Waals surface area contributed by atoms with E-state index >= 15 is 0 Å². The highest BCUT2D eigenvalue weighted by Gasteiger charge is 2.18. The average molecular weight is 670 g/mol. The van der Waals surface area contributed by atoms with Crippen LogP contribution >= 0.6 is 0 Å². The number of hydrogen-bond donors (Lipinski definition) is 0. The number of non-ortho nitro benzene ring substituents is 1. The van der Waals surface area contributed by atoms with Crippen molar-refractivity contribution in [3.63, 3.8) is 0 Å². The van der Waals surface area contributed by atoms with Crippen LogP contribution in [0.15, 0.2) is 18.2 Å². The van der Waals surface area contributed by atoms with Gasteiger partial charge in [0.25, 0.3) is 11.6 Å². The Morgan fingerprint density at radius 1 is 0.542 bits per heavy atom. The molecule has 0 aliphatic carbocycles. The van der Waals surface area contributed by atoms with Crippen LogP contribution in [0, 0.1) is 16.2 Å². The van der Waals surface area contributed by atoms with Crippen LogP contribution in [-0.2, 0) is 0 Å². The largest absolute Gasteiger partial charge is 0.339 e. The Bertz CT molecular complexity index is 837. The minimum Gasteiger partial charge on any atom is -0.339 e. The first-order valence-corrected chi connectivity index (χ1v) is 21.1. The summed E-state index contributed by atoms with van der Waals surface area (Å²) in [6.07, 6.45) is 42.6. The number of unbranched alkanes of at least 4 members (excludes halogenated alkanes) is 30. The standard InChI is InChI=1S/C43H77N2O3/c1-3-5-7-9-11-13-15-17-19-21-23-25-27-29-31-33-38-44(43(46)41-36-35-37-42(40-41)45(47)48)39-34-32-30-28-26-24-22-20-18-16-14-12-10-8-6-4-2/h35-36,40H,3-34,38-39H2,1-2H3. The second-order valence-electron chi connectivity index (χ2n) is 14.6. The van der Waals surface area contributed by atoms with Gasteiger partial charge in [0.1, 0.15) is 0 Å². The van der Waals surface area contributed by atoms with Crippen LogP contribution in [0.5, 0.6) is 0 Å². The van der Waals surface area contributed by atoms with Gasteiger partial charge in [-0.15, -0.1) is 0 Å². The average Bonchev–Trinajstić information content (AvgIpc) is 3.10. The smallest absolute Gasteiger partial charge is 0.278 e. The van der Waals surface area contributed by atoms with Gasteiger partial charge in [-0.1, -0.05) is 206 Å². The summed E-state index contributed by atoms with van der Waals surface area (Å²) in [7, 11) is 0. The Balaban J connectivity index is 2.20. The van der Waals surface area contributed by atoms with E-state index in [-0.39, 0.29) is 11.6 Å². The number of hydrogen-bond acceptors (Lipinski definition) is 3. The van der Waals surface area contributed by atoms with Crippen LogP contribution in [0.25, 0.3) is 0 Å². The maximum atomic E-state index is 13.4. The van der Waals surface area contributed by atoms with Gasteiger partial charge in [-0.05, 0) is 25.0 Å². The first-order chi connectivity index (χ1) is 23.6. The third-order valence-electron chi connectivity index (χ3n) is 10.1. The molecule has 48 heavy (non-hydrogen) atoms. The van der Waals surface area contributed by atoms with Gasteiger partial charge < -0.3 is 4.90 Å². The second kappa shape index (κ2) is 33.6. The fourth-order valence-electron chi connectivity index (χ4n) is 6.89. The number of rotatable bonds is 36. The van der Waals surface area contributed by atoms with Crippen LogP contribution in [-0.4, -0.2) is 28.8 Å². The molecule has 277 valence electrons. The zero-order chi connectivity index (χ0) is 34.8. The van der Waals surface area contributed by atoms with E-state index < -0.39 is 4.92 Å². The third-order valence-corrected chi connectivity index (χ3v) is 10.1. The van der Waals surface area contributed by atoms with Gasteiger partial charge in [0.15, 0.2) is 0 Å². The molecule has 0 fully saturated rings. The molecule has 1 rings (SSSR count). The number of carbonyl (C=O) groups is 1. The molecule has 0 saturated carbocycles. The van der Waals surface area contributed by atoms with Crippen molar-refractivity contribution in [3.8, 4) is 0 Å². The molecule has 1 amide bonds. The van der Waals surface area contributed by atoms with Gasteiger partial charge in [-0.3, -0.25) is 14.9 Å². The van der Waals surface area contributed by atoms with Crippen molar-refractivity contribution in [2.45, 2.75) is 219 Å². The molecule has 0 spiro atoms. The highest BCUT2D eigenvalue weighted by Crippen LogP contribution is 2.18. The number of nitro groups is 1. The second-order valence-corrected chi connectivity index (χ2v) is 14.6. The zero-order valence-electron chi connectivity index (χ0n) is 31.9. The summed E-state index contributed by atoms with van der Waals surface area (Å²) in [5, 5.41) is 11.3. The summed E-state index contributed by atoms with van der Waals surface area (Å²) in [4.78, 5) is 26.1. The van der Waals surface area contributed by atoms with Crippen LogP contribution < -0.4 is 0 Å². The zero-order valence-corrected chi connectivity index (χ0v) is 31.9. The van der Waals surface area contributed by atoms with Crippen molar-refractivity contribution in [1.29, 1.82) is 0 Å². The summed E-state index contributed by atoms with van der Waals surface area (Å²) in [5.74, 6) is -0.0750. The molecule has 1 radical (unpaired) electrons. The molecule has 0 bridgehead atoms. The van der Waals surface area contributed by atoms with Gasteiger partial charge in [0.2, 0.25) is 0 Å². The molecule has 0 aromatic heterocycles. The van der Waals surface area contributed by atoms with Crippen molar-refractivity contribution in [2.24, 2.45) is 0 Å². The van der Waals surface area contributed by atoms with E-state index in [9.17, 15) is 14.9 Å². The lowest BCUT2D eigenvalue weighted by Crippen LogP contribution is -2.33. The molecule has 1 aromatic carbocycles. The summed E-state index contributed by atoms with van der Waals surface area (Å²) in [5.41, 5.74) is 0.277. The Morgan fingerprint density at radius 3 is 1.12 bits per heavy atom. The van der Waals surface area contributed by atoms with Crippen LogP contribution in [0.1, 0.15) is 230 Å². The van der Waals surface area contributed by atoms with E-state index in [0.29, 0.717) is 5.56 Å². The molecular weight excluding hydrogens is 592 g/mol. The molecule has 0 aliphatic heterocycles. The maximum absolute atomic E-state index is 13.4. The lowest BCUT2D eigenvalue weighted by molar-refractivity contribution is -0.385. The van der Waals surface area contributed by atoms with Crippen molar-refractivity contribution in [2.75, 3.05) is 13.1 Å². The Labute approximate surface area is 298 Å². The van der Waals surface area contributed by atoms with Crippen LogP contribution in [0.4, 0.5) is 5.69 Å². The lowest BCUT2D eigenvalue weighted by atomic mass is 10.0. The van der Waals surface area contributed by atoms with Gasteiger partial charge in [-0.2, -0.15) is 0 Å². The number of nitro benzene ring substituents is 1. The topological polar surface area (TPSA) is 63.5 Å². The highest BCUT2D eigenvalue weighted by molar-refractivity contribution is 5.94. The first-order valence-electron chi connectivity index (χ1n) is 21.1. The van der Waals surface area contributed by atoms with E-state index in [2.05, 4.69) is 19.9 Å². The predicted molar refractivity (Wildman–Crippen MR) is 207 cm³/mol. The third kappa shape index (κ3) is 26.0. The fraction of sp³-hybridized carbons (Fsp3) is 0.837. The Hall–Kier alpha value is -1.91. The van der Waals surface area contributed by atoms with Crippen molar-refractivity contribution >= 4 is 11.6 Å². The monoisotopic (exact) mass is 670 g/mol. The maximum Gasteiger partial charge on any atom is 0.278 e. The molecule has 0 saturated heterocycles. The van der Waals surface area contributed by atoms with E-state index in [0.717, 1.165) is 38.8 Å². The summed E-state index contributed by atoms with van der Waals surface area (Å²) >= 11 is 0. The molecule has 0 heterocycles. The van der Waals surface area contributed by atoms with E-state index in [1.165, 1.54) is 192 Å². The van der Waals surface area contributed by atoms with Crippen molar-refractivity contribution in [1.82, 2.24) is 4.90 Å². The van der Waals surface area contributed by atoms with Gasteiger partial charge in [0.05, 0.1) is 11.0 Å². The molecule has 5 heteroatoms. The van der Waals surface area contributed by atoms with Gasteiger partial charge >= 0.3 is 0 Å². The lowest BCUT2D eigenvalue weighted by Gasteiger charge is -2.23. The van der Waals surface area contributed by atoms with E-state index in [1.54, 1.807) is 6.07 Å². The quantitative estimate of drug-likeness (QED) is 0.0406. The number of nitrogens with zero attached hydrogens (tertiary/aromatic N) is 2. The molecule has 0 unspecified atom stereocenters. The molecule has 1 aromatic rings. The minimum atomic E-state index is -0.466. The number of amides is 1. The highest BCUT2D eigenvalue weighted by atomic mass is 16.6. The number of carbonyl (C=O) groups excluding carboxylic acids is 1. The fourth-order valence-corrected chi connectivity index (χ4v) is 6.89. The van der Waals surface area contributed by atoms with Crippen molar-refractivity contribution in [3.05, 3.63) is 39.9 Å². The molecular formula is C43H77N2O3. The van der Waals surface area contributed by atoms with Crippen LogP contribution in [0.3, 0.4) is 0 Å². The predicted octanol–water partition coefficient (Wildman–Crippen LogP) is 14.4. The summed E-state index contributed by atoms with van der Waals surface area (Å²) in [6.45, 7) is 6.04. The Morgan fingerprint density at radius 2 is 0.833 bits per heavy atom. The summed E-state index contributed by atoms with van der Waals surface area (Å²) < 4.78 is 0. The normalized spacial score (nSPS) is 11.3. The molecule has 0 aliphatic rings. The van der Waals surface area contributed by atoms with Crippen LogP contribution in [0.2, 0.25) is 0 Å². The van der Waals surface area contributed by atoms with E-state index in [4.69, 9.17) is 0 Å². The summed E-state index contributed by atoms with van der Waals surface area (Å²) in [6, 6.07) is 7.20. The minimum absolute atomic E-state index is 0.0750. The van der Waals surface area contributed by atoms with E-state index in [1.807, 2.05) is 4.90 Å². The number of benzene rings is 1. The first kappa shape index (κ1) is 44.1. The molecule has 5 nitrogen and oxygen atoms in total.